The third-order valence-electron chi connectivity index (χ3n) is 3.12. The maximum atomic E-state index is 12.6. The van der Waals surface area contributed by atoms with Gasteiger partial charge in [-0.15, -0.1) is 0 Å². The van der Waals surface area contributed by atoms with Crippen molar-refractivity contribution in [1.29, 1.82) is 5.26 Å². The van der Waals surface area contributed by atoms with Gasteiger partial charge < -0.3 is 5.32 Å². The van der Waals surface area contributed by atoms with Crippen molar-refractivity contribution in [2.24, 2.45) is 0 Å². The molecule has 8 heteroatoms. The van der Waals surface area contributed by atoms with Gasteiger partial charge in [-0.05, 0) is 52.3 Å². The number of rotatable bonds is 3. The number of nitrogens with one attached hydrogen (secondary N) is 1. The van der Waals surface area contributed by atoms with E-state index in [1.54, 1.807) is 48.7 Å². The van der Waals surface area contributed by atoms with Gasteiger partial charge in [-0.25, -0.2) is 9.67 Å². The van der Waals surface area contributed by atoms with Crippen LogP contribution < -0.4 is 5.32 Å². The molecule has 0 aliphatic rings. The fourth-order valence-corrected chi connectivity index (χ4v) is 2.61. The molecule has 0 fully saturated rings. The number of hydrogen-bond donors (Lipinski definition) is 1. The Morgan fingerprint density at radius 2 is 2.04 bits per heavy atom. The Hall–Kier alpha value is -2.69. The number of anilines is 1. The summed E-state index contributed by atoms with van der Waals surface area (Å²) < 4.78 is 1.85. The molecule has 2 heterocycles. The number of carbonyl (C=O) groups is 1. The molecule has 24 heavy (non-hydrogen) atoms. The van der Waals surface area contributed by atoms with Crippen LogP contribution in [-0.2, 0) is 0 Å². The number of hydrogen-bond acceptors (Lipinski definition) is 4. The second-order valence-electron chi connectivity index (χ2n) is 4.72. The van der Waals surface area contributed by atoms with E-state index < -0.39 is 0 Å². The van der Waals surface area contributed by atoms with Crippen molar-refractivity contribution in [2.75, 3.05) is 5.32 Å². The lowest BCUT2D eigenvalue weighted by Crippen LogP contribution is -2.17. The fourth-order valence-electron chi connectivity index (χ4n) is 2.03. The summed E-state index contributed by atoms with van der Waals surface area (Å²) in [6, 6.07) is 13.5. The van der Waals surface area contributed by atoms with Gasteiger partial charge in [0.05, 0.1) is 16.7 Å². The molecule has 1 aromatic carbocycles. The Morgan fingerprint density at radius 3 is 2.71 bits per heavy atom. The van der Waals surface area contributed by atoms with Crippen LogP contribution in [0.3, 0.4) is 0 Å². The van der Waals surface area contributed by atoms with E-state index in [0.29, 0.717) is 26.7 Å². The molecule has 0 aliphatic heterocycles. The summed E-state index contributed by atoms with van der Waals surface area (Å²) in [5, 5.41) is 16.1. The molecule has 0 atom stereocenters. The highest BCUT2D eigenvalue weighted by Gasteiger charge is 2.18. The fraction of sp³-hybridized carbons (Fsp3) is 0. The average Bonchev–Trinajstić information content (AvgIpc) is 2.98. The topological polar surface area (TPSA) is 83.6 Å². The van der Waals surface area contributed by atoms with Crippen molar-refractivity contribution in [3.05, 3.63) is 69.5 Å². The van der Waals surface area contributed by atoms with Crippen LogP contribution in [0.5, 0.6) is 0 Å². The third kappa shape index (κ3) is 3.30. The Labute approximate surface area is 150 Å². The zero-order chi connectivity index (χ0) is 17.1. The Kier molecular flexibility index (Phi) is 4.60. The highest BCUT2D eigenvalue weighted by molar-refractivity contribution is 9.10. The average molecular weight is 403 g/mol. The first-order chi connectivity index (χ1) is 11.6. The van der Waals surface area contributed by atoms with E-state index in [0.717, 1.165) is 0 Å². The molecule has 1 N–H and O–H groups in total. The van der Waals surface area contributed by atoms with Crippen molar-refractivity contribution in [2.45, 2.75) is 0 Å². The number of aromatic nitrogens is 3. The number of nitriles is 1. The molecular formula is C16H9BrClN5O. The van der Waals surface area contributed by atoms with Crippen LogP contribution in [0, 0.1) is 11.3 Å². The first kappa shape index (κ1) is 16.2. The minimum Gasteiger partial charge on any atom is -0.321 e. The van der Waals surface area contributed by atoms with Gasteiger partial charge in [-0.1, -0.05) is 11.6 Å². The second-order valence-corrected chi connectivity index (χ2v) is 5.94. The predicted octanol–water partition coefficient (Wildman–Crippen LogP) is 3.81. The van der Waals surface area contributed by atoms with Gasteiger partial charge in [0.2, 0.25) is 0 Å². The molecule has 0 unspecified atom stereocenters. The number of carbonyl (C=O) groups excluding carboxylic acids is 1. The van der Waals surface area contributed by atoms with E-state index in [2.05, 4.69) is 31.3 Å². The summed E-state index contributed by atoms with van der Waals surface area (Å²) >= 11 is 9.40. The smallest absolute Gasteiger partial charge is 0.274 e. The van der Waals surface area contributed by atoms with Crippen molar-refractivity contribution in [3.8, 4) is 11.9 Å². The van der Waals surface area contributed by atoms with Crippen molar-refractivity contribution < 1.29 is 4.79 Å². The predicted molar refractivity (Wildman–Crippen MR) is 93.2 cm³/mol. The monoisotopic (exact) mass is 401 g/mol. The normalized spacial score (nSPS) is 10.2. The minimum absolute atomic E-state index is 0.270. The lowest BCUT2D eigenvalue weighted by molar-refractivity contribution is 0.101. The van der Waals surface area contributed by atoms with E-state index in [-0.39, 0.29) is 11.6 Å². The van der Waals surface area contributed by atoms with E-state index in [1.165, 1.54) is 4.68 Å². The number of halogens is 2. The largest absolute Gasteiger partial charge is 0.321 e. The molecule has 2 aromatic heterocycles. The maximum absolute atomic E-state index is 12.6. The van der Waals surface area contributed by atoms with Gasteiger partial charge in [0.1, 0.15) is 10.3 Å². The van der Waals surface area contributed by atoms with Gasteiger partial charge in [0.15, 0.2) is 5.82 Å². The molecule has 0 aliphatic carbocycles. The van der Waals surface area contributed by atoms with Crippen LogP contribution >= 0.6 is 27.5 Å². The molecule has 0 bridgehead atoms. The highest BCUT2D eigenvalue weighted by Crippen LogP contribution is 2.22. The molecule has 3 rings (SSSR count). The van der Waals surface area contributed by atoms with Crippen molar-refractivity contribution in [1.82, 2.24) is 14.8 Å². The van der Waals surface area contributed by atoms with Crippen LogP contribution in [0.15, 0.2) is 53.3 Å². The van der Waals surface area contributed by atoms with Crippen LogP contribution in [0.1, 0.15) is 16.1 Å². The van der Waals surface area contributed by atoms with Gasteiger partial charge in [0.25, 0.3) is 5.91 Å². The summed E-state index contributed by atoms with van der Waals surface area (Å²) in [5.74, 6) is -0.0190. The first-order valence-electron chi connectivity index (χ1n) is 6.76. The number of pyridine rings is 1. The van der Waals surface area contributed by atoms with E-state index in [1.807, 2.05) is 6.07 Å². The molecule has 6 nitrogen and oxygen atoms in total. The first-order valence-corrected chi connectivity index (χ1v) is 7.93. The molecule has 0 saturated heterocycles. The Balaban J connectivity index is 1.93. The van der Waals surface area contributed by atoms with Gasteiger partial charge in [-0.2, -0.15) is 10.4 Å². The lowest BCUT2D eigenvalue weighted by Gasteiger charge is -2.08. The van der Waals surface area contributed by atoms with Crippen LogP contribution in [0.2, 0.25) is 5.02 Å². The molecule has 0 spiro atoms. The SMILES string of the molecule is N#Cc1ccc(NC(=O)c2cc(Br)nn2-c2ncccc2Cl)cc1. The summed E-state index contributed by atoms with van der Waals surface area (Å²) in [6.45, 7) is 0. The van der Waals surface area contributed by atoms with Crippen LogP contribution in [0.25, 0.3) is 5.82 Å². The zero-order valence-corrected chi connectivity index (χ0v) is 14.4. The zero-order valence-electron chi connectivity index (χ0n) is 12.1. The molecule has 1 amide bonds. The highest BCUT2D eigenvalue weighted by atomic mass is 79.9. The summed E-state index contributed by atoms with van der Waals surface area (Å²) in [6.07, 6.45) is 1.57. The van der Waals surface area contributed by atoms with E-state index >= 15 is 0 Å². The number of amides is 1. The molecular weight excluding hydrogens is 394 g/mol. The van der Waals surface area contributed by atoms with Gasteiger partial charge in [0, 0.05) is 18.0 Å². The van der Waals surface area contributed by atoms with Crippen molar-refractivity contribution >= 4 is 39.1 Å². The van der Waals surface area contributed by atoms with Crippen molar-refractivity contribution in [3.63, 3.8) is 0 Å². The molecule has 3 aromatic rings. The van der Waals surface area contributed by atoms with Crippen LogP contribution in [0.4, 0.5) is 5.69 Å². The third-order valence-corrected chi connectivity index (χ3v) is 3.81. The van der Waals surface area contributed by atoms with Gasteiger partial charge in [-0.3, -0.25) is 4.79 Å². The lowest BCUT2D eigenvalue weighted by atomic mass is 10.2. The maximum Gasteiger partial charge on any atom is 0.274 e. The second kappa shape index (κ2) is 6.83. The standard InChI is InChI=1S/C16H9BrClN5O/c17-14-8-13(23(22-14)15-12(18)2-1-7-20-15)16(24)21-11-5-3-10(9-19)4-6-11/h1-8H,(H,21,24). The summed E-state index contributed by atoms with van der Waals surface area (Å²) in [7, 11) is 0. The minimum atomic E-state index is -0.375. The molecule has 0 saturated carbocycles. The molecule has 0 radical (unpaired) electrons. The van der Waals surface area contributed by atoms with Gasteiger partial charge >= 0.3 is 0 Å². The Morgan fingerprint density at radius 1 is 1.29 bits per heavy atom. The Bertz CT molecular complexity index is 946. The quantitative estimate of drug-likeness (QED) is 0.722. The summed E-state index contributed by atoms with van der Waals surface area (Å²) in [4.78, 5) is 16.7. The number of nitrogens with zero attached hydrogens (tertiary/aromatic N) is 4. The van der Waals surface area contributed by atoms with E-state index in [9.17, 15) is 4.79 Å². The molecule has 118 valence electrons. The van der Waals surface area contributed by atoms with E-state index in [4.69, 9.17) is 16.9 Å². The number of benzene rings is 1. The van der Waals surface area contributed by atoms with Crippen LogP contribution in [-0.4, -0.2) is 20.7 Å². The summed E-state index contributed by atoms with van der Waals surface area (Å²) in [5.41, 5.74) is 1.35.